The fourth-order valence-corrected chi connectivity index (χ4v) is 2.01. The van der Waals surface area contributed by atoms with Gasteiger partial charge in [-0.15, -0.1) is 0 Å². The van der Waals surface area contributed by atoms with Crippen molar-refractivity contribution in [3.05, 3.63) is 29.8 Å². The Kier molecular flexibility index (Phi) is 7.48. The number of hydrogen-bond donors (Lipinski definition) is 2. The first-order chi connectivity index (χ1) is 9.21. The van der Waals surface area contributed by atoms with Crippen LogP contribution in [0.5, 0.6) is 5.75 Å². The fourth-order valence-electron chi connectivity index (χ4n) is 2.01. The lowest BCUT2D eigenvalue weighted by molar-refractivity contribution is 0.120. The predicted molar refractivity (Wildman–Crippen MR) is 76.5 cm³/mol. The molecule has 4 heteroatoms. The van der Waals surface area contributed by atoms with E-state index < -0.39 is 0 Å². The lowest BCUT2D eigenvalue weighted by Gasteiger charge is -2.25. The lowest BCUT2D eigenvalue weighted by atomic mass is 10.1. The maximum Gasteiger partial charge on any atom is 0.119 e. The van der Waals surface area contributed by atoms with Crippen molar-refractivity contribution in [3.63, 3.8) is 0 Å². The number of hydrogen-bond acceptors (Lipinski definition) is 4. The minimum Gasteiger partial charge on any atom is -0.494 e. The molecule has 0 aliphatic rings. The topological polar surface area (TPSA) is 52.9 Å². The van der Waals surface area contributed by atoms with Crippen LogP contribution in [0.2, 0.25) is 0 Å². The van der Waals surface area contributed by atoms with E-state index in [9.17, 15) is 5.11 Å². The van der Waals surface area contributed by atoms with Crippen LogP contribution in [0.4, 0.5) is 0 Å². The van der Waals surface area contributed by atoms with Crippen LogP contribution in [-0.2, 0) is 6.42 Å². The summed E-state index contributed by atoms with van der Waals surface area (Å²) in [4.78, 5) is 2.09. The van der Waals surface area contributed by atoms with Gasteiger partial charge in [-0.1, -0.05) is 12.1 Å². The second-order valence-electron chi connectivity index (χ2n) is 4.66. The highest BCUT2D eigenvalue weighted by Gasteiger charge is 2.12. The molecule has 0 spiro atoms. The van der Waals surface area contributed by atoms with Gasteiger partial charge in [-0.25, -0.2) is 0 Å². The van der Waals surface area contributed by atoms with Crippen LogP contribution in [0, 0.1) is 0 Å². The molecular weight excluding hydrogens is 242 g/mol. The second-order valence-corrected chi connectivity index (χ2v) is 4.66. The molecule has 19 heavy (non-hydrogen) atoms. The van der Waals surface area contributed by atoms with Crippen molar-refractivity contribution < 1.29 is 14.9 Å². The molecule has 0 fully saturated rings. The van der Waals surface area contributed by atoms with E-state index in [4.69, 9.17) is 9.84 Å². The molecule has 1 rings (SSSR count). The van der Waals surface area contributed by atoms with Crippen molar-refractivity contribution in [1.29, 1.82) is 0 Å². The number of aliphatic hydroxyl groups excluding tert-OH is 2. The Balaban J connectivity index is 2.42. The van der Waals surface area contributed by atoms with Crippen molar-refractivity contribution >= 4 is 0 Å². The molecule has 1 atom stereocenters. The minimum absolute atomic E-state index is 0.0349. The quantitative estimate of drug-likeness (QED) is 0.708. The Morgan fingerprint density at radius 3 is 2.42 bits per heavy atom. The van der Waals surface area contributed by atoms with Crippen LogP contribution in [-0.4, -0.2) is 54.6 Å². The first-order valence-corrected chi connectivity index (χ1v) is 6.85. The summed E-state index contributed by atoms with van der Waals surface area (Å²) in [5.74, 6) is 0.896. The maximum absolute atomic E-state index is 9.25. The Labute approximate surface area is 115 Å². The molecule has 0 saturated carbocycles. The van der Waals surface area contributed by atoms with Crippen molar-refractivity contribution in [1.82, 2.24) is 4.90 Å². The summed E-state index contributed by atoms with van der Waals surface area (Å²) in [7, 11) is 1.98. The molecule has 0 aromatic heterocycles. The molecule has 1 aromatic carbocycles. The van der Waals surface area contributed by atoms with Gasteiger partial charge in [0.1, 0.15) is 5.75 Å². The highest BCUT2D eigenvalue weighted by Crippen LogP contribution is 2.13. The fraction of sp³-hybridized carbons (Fsp3) is 0.600. The van der Waals surface area contributed by atoms with Crippen molar-refractivity contribution in [3.8, 4) is 5.75 Å². The predicted octanol–water partition coefficient (Wildman–Crippen LogP) is 1.30. The Morgan fingerprint density at radius 2 is 1.89 bits per heavy atom. The number of likely N-dealkylation sites (N-methyl/N-ethyl adjacent to an activating group) is 1. The largest absolute Gasteiger partial charge is 0.494 e. The number of aliphatic hydroxyl groups is 2. The molecule has 0 bridgehead atoms. The molecule has 2 N–H and O–H groups in total. The minimum atomic E-state index is 0.0349. The van der Waals surface area contributed by atoms with Gasteiger partial charge < -0.3 is 19.8 Å². The van der Waals surface area contributed by atoms with Crippen molar-refractivity contribution in [2.75, 3.05) is 33.4 Å². The van der Waals surface area contributed by atoms with E-state index >= 15 is 0 Å². The highest BCUT2D eigenvalue weighted by molar-refractivity contribution is 5.27. The van der Waals surface area contributed by atoms with Crippen LogP contribution in [0.25, 0.3) is 0 Å². The summed E-state index contributed by atoms with van der Waals surface area (Å²) in [6.45, 7) is 3.71. The Hall–Kier alpha value is -1.10. The highest BCUT2D eigenvalue weighted by atomic mass is 16.5. The van der Waals surface area contributed by atoms with E-state index in [-0.39, 0.29) is 19.3 Å². The van der Waals surface area contributed by atoms with Crippen LogP contribution in [0.1, 0.15) is 18.9 Å². The van der Waals surface area contributed by atoms with Gasteiger partial charge in [0.2, 0.25) is 0 Å². The monoisotopic (exact) mass is 267 g/mol. The van der Waals surface area contributed by atoms with Gasteiger partial charge in [-0.05, 0) is 44.5 Å². The van der Waals surface area contributed by atoms with Crippen LogP contribution in [0.15, 0.2) is 24.3 Å². The van der Waals surface area contributed by atoms with Crippen molar-refractivity contribution in [2.24, 2.45) is 0 Å². The Bertz CT molecular complexity index is 340. The van der Waals surface area contributed by atoms with Gasteiger partial charge in [0.05, 0.1) is 13.2 Å². The molecule has 0 aliphatic carbocycles. The van der Waals surface area contributed by atoms with E-state index in [0.29, 0.717) is 13.0 Å². The van der Waals surface area contributed by atoms with Gasteiger partial charge >= 0.3 is 0 Å². The second kappa shape index (κ2) is 8.91. The smallest absolute Gasteiger partial charge is 0.119 e. The summed E-state index contributed by atoms with van der Waals surface area (Å²) < 4.78 is 5.40. The number of benzene rings is 1. The van der Waals surface area contributed by atoms with E-state index in [1.807, 2.05) is 26.1 Å². The zero-order valence-corrected chi connectivity index (χ0v) is 11.9. The third-order valence-electron chi connectivity index (χ3n) is 3.28. The average Bonchev–Trinajstić information content (AvgIpc) is 2.44. The van der Waals surface area contributed by atoms with E-state index in [2.05, 4.69) is 17.0 Å². The molecule has 0 saturated heterocycles. The number of nitrogens with zero attached hydrogens (tertiary/aromatic N) is 1. The van der Waals surface area contributed by atoms with Crippen LogP contribution >= 0.6 is 0 Å². The van der Waals surface area contributed by atoms with E-state index in [1.54, 1.807) is 0 Å². The molecule has 4 nitrogen and oxygen atoms in total. The van der Waals surface area contributed by atoms with Gasteiger partial charge in [0.25, 0.3) is 0 Å². The summed E-state index contributed by atoms with van der Waals surface area (Å²) >= 11 is 0. The zero-order chi connectivity index (χ0) is 14.1. The van der Waals surface area contributed by atoms with E-state index in [0.717, 1.165) is 18.7 Å². The lowest BCUT2D eigenvalue weighted by Crippen LogP contribution is -2.36. The molecule has 1 aromatic rings. The Morgan fingerprint density at radius 1 is 1.21 bits per heavy atom. The van der Waals surface area contributed by atoms with Gasteiger partial charge in [0, 0.05) is 19.2 Å². The van der Waals surface area contributed by atoms with Gasteiger partial charge in [-0.2, -0.15) is 0 Å². The van der Waals surface area contributed by atoms with Gasteiger partial charge in [-0.3, -0.25) is 0 Å². The molecule has 0 aliphatic heterocycles. The standard InChI is InChI=1S/C15H25NO3/c1-3-19-15-6-4-13(5-7-15)8-10-16(2)14(12-18)9-11-17/h4-7,14,17-18H,3,8-12H2,1-2H3. The summed E-state index contributed by atoms with van der Waals surface area (Å²) in [6, 6.07) is 8.14. The van der Waals surface area contributed by atoms with Gasteiger partial charge in [0.15, 0.2) is 0 Å². The SMILES string of the molecule is CCOc1ccc(CCN(C)C(CO)CCO)cc1. The summed E-state index contributed by atoms with van der Waals surface area (Å²) in [5, 5.41) is 18.2. The molecule has 0 radical (unpaired) electrons. The summed E-state index contributed by atoms with van der Waals surface area (Å²) in [6.07, 6.45) is 1.53. The molecule has 108 valence electrons. The van der Waals surface area contributed by atoms with E-state index in [1.165, 1.54) is 5.56 Å². The number of ether oxygens (including phenoxy) is 1. The molecular formula is C15H25NO3. The normalized spacial score (nSPS) is 12.7. The maximum atomic E-state index is 9.25. The third kappa shape index (κ3) is 5.59. The average molecular weight is 267 g/mol. The zero-order valence-electron chi connectivity index (χ0n) is 11.9. The first kappa shape index (κ1) is 16.0. The van der Waals surface area contributed by atoms with Crippen LogP contribution < -0.4 is 4.74 Å². The number of rotatable bonds is 9. The first-order valence-electron chi connectivity index (χ1n) is 6.85. The molecule has 1 unspecified atom stereocenters. The third-order valence-corrected chi connectivity index (χ3v) is 3.28. The summed E-state index contributed by atoms with van der Waals surface area (Å²) in [5.41, 5.74) is 1.25. The van der Waals surface area contributed by atoms with Crippen LogP contribution in [0.3, 0.4) is 0 Å². The van der Waals surface area contributed by atoms with Crippen molar-refractivity contribution in [2.45, 2.75) is 25.8 Å². The molecule has 0 heterocycles. The molecule has 0 amide bonds.